The minimum Gasteiger partial charge on any atom is -0.452 e. The van der Waals surface area contributed by atoms with Gasteiger partial charge >= 0.3 is 5.97 Å². The molecule has 0 saturated heterocycles. The first kappa shape index (κ1) is 17.5. The number of carbonyl (C=O) groups excluding carboxylic acids is 2. The highest BCUT2D eigenvalue weighted by atomic mass is 79.9. The van der Waals surface area contributed by atoms with Gasteiger partial charge in [-0.1, -0.05) is 39.7 Å². The first-order valence-corrected chi connectivity index (χ1v) is 8.04. The van der Waals surface area contributed by atoms with E-state index in [1.165, 1.54) is 0 Å². The summed E-state index contributed by atoms with van der Waals surface area (Å²) in [6, 6.07) is 10.5. The lowest BCUT2D eigenvalue weighted by molar-refractivity contribution is -0.119. The van der Waals surface area contributed by atoms with E-state index in [4.69, 9.17) is 16.3 Å². The van der Waals surface area contributed by atoms with Crippen molar-refractivity contribution < 1.29 is 14.3 Å². The topological polar surface area (TPSA) is 55.4 Å². The molecule has 6 heteroatoms. The fraction of sp³-hybridized carbons (Fsp3) is 0.176. The van der Waals surface area contributed by atoms with Gasteiger partial charge in [-0.15, -0.1) is 0 Å². The summed E-state index contributed by atoms with van der Waals surface area (Å²) < 4.78 is 5.71. The third-order valence-electron chi connectivity index (χ3n) is 3.36. The molecule has 120 valence electrons. The molecule has 0 spiro atoms. The molecule has 0 aliphatic carbocycles. The van der Waals surface area contributed by atoms with E-state index in [-0.39, 0.29) is 17.2 Å². The Hall–Kier alpha value is -1.85. The zero-order chi connectivity index (χ0) is 17.0. The highest BCUT2D eigenvalue weighted by Crippen LogP contribution is 2.22. The molecule has 0 saturated carbocycles. The van der Waals surface area contributed by atoms with E-state index in [2.05, 4.69) is 21.2 Å². The van der Waals surface area contributed by atoms with Crippen LogP contribution >= 0.6 is 27.5 Å². The number of halogens is 2. The van der Waals surface area contributed by atoms with Crippen molar-refractivity contribution in [1.29, 1.82) is 0 Å². The molecule has 0 aromatic heterocycles. The second-order valence-electron chi connectivity index (χ2n) is 5.00. The number of amides is 1. The lowest BCUT2D eigenvalue weighted by Crippen LogP contribution is -2.21. The van der Waals surface area contributed by atoms with Crippen molar-refractivity contribution in [2.24, 2.45) is 0 Å². The van der Waals surface area contributed by atoms with Gasteiger partial charge in [0.2, 0.25) is 0 Å². The highest BCUT2D eigenvalue weighted by Gasteiger charge is 2.14. The Balaban J connectivity index is 1.98. The molecule has 0 heterocycles. The summed E-state index contributed by atoms with van der Waals surface area (Å²) in [6.45, 7) is 3.49. The SMILES string of the molecule is Cc1cccc(NC(=O)COC(=O)c2cc(Br)ccc2Cl)c1C. The molecule has 2 aromatic rings. The van der Waals surface area contributed by atoms with Gasteiger partial charge in [-0.25, -0.2) is 4.79 Å². The van der Waals surface area contributed by atoms with Crippen LogP contribution in [0.15, 0.2) is 40.9 Å². The number of anilines is 1. The molecule has 4 nitrogen and oxygen atoms in total. The molecular weight excluding hydrogens is 382 g/mol. The van der Waals surface area contributed by atoms with E-state index >= 15 is 0 Å². The Morgan fingerprint density at radius 1 is 1.22 bits per heavy atom. The van der Waals surface area contributed by atoms with Crippen LogP contribution in [-0.2, 0) is 9.53 Å². The van der Waals surface area contributed by atoms with Crippen molar-refractivity contribution in [2.45, 2.75) is 13.8 Å². The van der Waals surface area contributed by atoms with Gasteiger partial charge in [-0.3, -0.25) is 4.79 Å². The van der Waals surface area contributed by atoms with Crippen molar-refractivity contribution in [2.75, 3.05) is 11.9 Å². The van der Waals surface area contributed by atoms with Crippen molar-refractivity contribution in [1.82, 2.24) is 0 Å². The number of hydrogen-bond donors (Lipinski definition) is 1. The van der Waals surface area contributed by atoms with Crippen molar-refractivity contribution in [3.8, 4) is 0 Å². The van der Waals surface area contributed by atoms with Gasteiger partial charge in [-0.2, -0.15) is 0 Å². The van der Waals surface area contributed by atoms with Gasteiger partial charge in [0.15, 0.2) is 6.61 Å². The third-order valence-corrected chi connectivity index (χ3v) is 4.18. The molecule has 0 aliphatic rings. The van der Waals surface area contributed by atoms with E-state index in [0.717, 1.165) is 11.1 Å². The molecule has 23 heavy (non-hydrogen) atoms. The summed E-state index contributed by atoms with van der Waals surface area (Å²) in [5, 5.41) is 3.00. The standard InChI is InChI=1S/C17H15BrClNO3/c1-10-4-3-5-15(11(10)2)20-16(21)9-23-17(22)13-8-12(18)6-7-14(13)19/h3-8H,9H2,1-2H3,(H,20,21). The quantitative estimate of drug-likeness (QED) is 0.773. The predicted molar refractivity (Wildman–Crippen MR) is 94.0 cm³/mol. The van der Waals surface area contributed by atoms with Crippen LogP contribution in [0.2, 0.25) is 5.02 Å². The number of rotatable bonds is 4. The largest absolute Gasteiger partial charge is 0.452 e. The number of nitrogens with one attached hydrogen (secondary N) is 1. The normalized spacial score (nSPS) is 10.3. The van der Waals surface area contributed by atoms with Crippen LogP contribution < -0.4 is 5.32 Å². The molecule has 0 bridgehead atoms. The smallest absolute Gasteiger partial charge is 0.340 e. The third kappa shape index (κ3) is 4.56. The van der Waals surface area contributed by atoms with Crippen LogP contribution in [0.25, 0.3) is 0 Å². The Bertz CT molecular complexity index is 761. The summed E-state index contributed by atoms with van der Waals surface area (Å²) in [6.07, 6.45) is 0. The molecular formula is C17H15BrClNO3. The fourth-order valence-electron chi connectivity index (χ4n) is 1.94. The summed E-state index contributed by atoms with van der Waals surface area (Å²) in [7, 11) is 0. The van der Waals surface area contributed by atoms with Crippen LogP contribution in [0.5, 0.6) is 0 Å². The molecule has 2 aromatic carbocycles. The number of esters is 1. The Morgan fingerprint density at radius 2 is 1.96 bits per heavy atom. The Morgan fingerprint density at radius 3 is 2.70 bits per heavy atom. The number of hydrogen-bond acceptors (Lipinski definition) is 3. The average Bonchev–Trinajstić information content (AvgIpc) is 2.52. The zero-order valence-electron chi connectivity index (χ0n) is 12.7. The summed E-state index contributed by atoms with van der Waals surface area (Å²) in [4.78, 5) is 23.9. The van der Waals surface area contributed by atoms with Crippen LogP contribution in [0, 0.1) is 13.8 Å². The summed E-state index contributed by atoms with van der Waals surface area (Å²) in [5.74, 6) is -1.05. The monoisotopic (exact) mass is 395 g/mol. The van der Waals surface area contributed by atoms with Crippen LogP contribution in [0.3, 0.4) is 0 Å². The molecule has 0 unspecified atom stereocenters. The van der Waals surface area contributed by atoms with Gasteiger partial charge in [0.25, 0.3) is 5.91 Å². The Labute approximate surface area is 147 Å². The minimum absolute atomic E-state index is 0.209. The van der Waals surface area contributed by atoms with Crippen molar-refractivity contribution >= 4 is 45.1 Å². The molecule has 0 atom stereocenters. The Kier molecular flexibility index (Phi) is 5.80. The maximum absolute atomic E-state index is 12.0. The van der Waals surface area contributed by atoms with E-state index in [0.29, 0.717) is 10.2 Å². The molecule has 2 rings (SSSR count). The maximum atomic E-state index is 12.0. The van der Waals surface area contributed by atoms with Gasteiger partial charge in [0, 0.05) is 10.2 Å². The number of ether oxygens (including phenoxy) is 1. The minimum atomic E-state index is -0.646. The lowest BCUT2D eigenvalue weighted by atomic mass is 10.1. The van der Waals surface area contributed by atoms with Gasteiger partial charge in [-0.05, 0) is 49.2 Å². The van der Waals surface area contributed by atoms with Crippen LogP contribution in [-0.4, -0.2) is 18.5 Å². The first-order chi connectivity index (χ1) is 10.9. The van der Waals surface area contributed by atoms with Gasteiger partial charge < -0.3 is 10.1 Å². The average molecular weight is 397 g/mol. The van der Waals surface area contributed by atoms with Crippen LogP contribution in [0.4, 0.5) is 5.69 Å². The van der Waals surface area contributed by atoms with E-state index < -0.39 is 11.9 Å². The number of aryl methyl sites for hydroxylation is 1. The van der Waals surface area contributed by atoms with Gasteiger partial charge in [0.1, 0.15) is 0 Å². The van der Waals surface area contributed by atoms with E-state index in [9.17, 15) is 9.59 Å². The lowest BCUT2D eigenvalue weighted by Gasteiger charge is -2.11. The second-order valence-corrected chi connectivity index (χ2v) is 6.32. The zero-order valence-corrected chi connectivity index (χ0v) is 15.0. The maximum Gasteiger partial charge on any atom is 0.340 e. The predicted octanol–water partition coefficient (Wildman–Crippen LogP) is 4.51. The van der Waals surface area contributed by atoms with E-state index in [1.807, 2.05) is 26.0 Å². The molecule has 0 fully saturated rings. The number of benzene rings is 2. The van der Waals surface area contributed by atoms with Crippen molar-refractivity contribution in [3.05, 3.63) is 62.6 Å². The molecule has 1 amide bonds. The van der Waals surface area contributed by atoms with Crippen molar-refractivity contribution in [3.63, 3.8) is 0 Å². The molecule has 0 radical (unpaired) electrons. The van der Waals surface area contributed by atoms with Gasteiger partial charge in [0.05, 0.1) is 10.6 Å². The molecule has 0 aliphatic heterocycles. The molecule has 1 N–H and O–H groups in total. The first-order valence-electron chi connectivity index (χ1n) is 6.86. The summed E-state index contributed by atoms with van der Waals surface area (Å²) in [5.41, 5.74) is 2.95. The number of carbonyl (C=O) groups is 2. The van der Waals surface area contributed by atoms with Crippen LogP contribution in [0.1, 0.15) is 21.5 Å². The fourth-order valence-corrected chi connectivity index (χ4v) is 2.49. The highest BCUT2D eigenvalue weighted by molar-refractivity contribution is 9.10. The summed E-state index contributed by atoms with van der Waals surface area (Å²) >= 11 is 9.21. The second kappa shape index (κ2) is 7.62. The van der Waals surface area contributed by atoms with E-state index in [1.54, 1.807) is 24.3 Å².